The van der Waals surface area contributed by atoms with Crippen LogP contribution in [-0.2, 0) is 16.0 Å². The number of rotatable bonds is 5. The zero-order valence-electron chi connectivity index (χ0n) is 16.1. The van der Waals surface area contributed by atoms with Crippen molar-refractivity contribution in [1.82, 2.24) is 9.97 Å². The quantitative estimate of drug-likeness (QED) is 0.842. The second kappa shape index (κ2) is 8.35. The maximum absolute atomic E-state index is 12.5. The van der Waals surface area contributed by atoms with Crippen LogP contribution in [0.4, 0.5) is 11.6 Å². The first-order valence-corrected chi connectivity index (χ1v) is 9.23. The SMILES string of the molecule is Cc1cc(C)cc(NC(=O)CCc2c(C)nc(N3CCOCC3)[nH]c2=O)c1. The molecule has 1 saturated heterocycles. The van der Waals surface area contributed by atoms with E-state index in [-0.39, 0.29) is 17.9 Å². The molecule has 2 N–H and O–H groups in total. The second-order valence-corrected chi connectivity index (χ2v) is 6.98. The van der Waals surface area contributed by atoms with Gasteiger partial charge in [0.2, 0.25) is 11.9 Å². The van der Waals surface area contributed by atoms with Crippen LogP contribution in [0, 0.1) is 20.8 Å². The first kappa shape index (κ1) is 19.1. The molecule has 0 bridgehead atoms. The Morgan fingerprint density at radius 2 is 1.85 bits per heavy atom. The van der Waals surface area contributed by atoms with Crippen LogP contribution in [0.1, 0.15) is 28.8 Å². The smallest absolute Gasteiger partial charge is 0.255 e. The van der Waals surface area contributed by atoms with Crippen molar-refractivity contribution in [3.8, 4) is 0 Å². The highest BCUT2D eigenvalue weighted by Crippen LogP contribution is 2.15. The van der Waals surface area contributed by atoms with Crippen molar-refractivity contribution in [2.45, 2.75) is 33.6 Å². The van der Waals surface area contributed by atoms with E-state index in [9.17, 15) is 9.59 Å². The number of anilines is 2. The minimum Gasteiger partial charge on any atom is -0.378 e. The van der Waals surface area contributed by atoms with E-state index < -0.39 is 0 Å². The number of aromatic nitrogens is 2. The average molecular weight is 370 g/mol. The van der Waals surface area contributed by atoms with Gasteiger partial charge >= 0.3 is 0 Å². The summed E-state index contributed by atoms with van der Waals surface area (Å²) in [7, 11) is 0. The number of nitrogens with zero attached hydrogens (tertiary/aromatic N) is 2. The van der Waals surface area contributed by atoms with Gasteiger partial charge in [-0.2, -0.15) is 0 Å². The normalized spacial score (nSPS) is 14.3. The van der Waals surface area contributed by atoms with Crippen molar-refractivity contribution >= 4 is 17.5 Å². The van der Waals surface area contributed by atoms with Gasteiger partial charge in [0, 0.05) is 36.5 Å². The van der Waals surface area contributed by atoms with Gasteiger partial charge in [0.1, 0.15) is 0 Å². The third-order valence-electron chi connectivity index (χ3n) is 4.63. The third kappa shape index (κ3) is 4.95. The van der Waals surface area contributed by atoms with Gasteiger partial charge < -0.3 is 15.0 Å². The summed E-state index contributed by atoms with van der Waals surface area (Å²) in [6.45, 7) is 8.48. The molecule has 0 atom stereocenters. The second-order valence-electron chi connectivity index (χ2n) is 6.98. The lowest BCUT2D eigenvalue weighted by Crippen LogP contribution is -2.38. The van der Waals surface area contributed by atoms with Crippen molar-refractivity contribution in [2.75, 3.05) is 36.5 Å². The largest absolute Gasteiger partial charge is 0.378 e. The Kier molecular flexibility index (Phi) is 5.91. The number of carbonyl (C=O) groups excluding carboxylic acids is 1. The predicted octanol–water partition coefficient (Wildman–Crippen LogP) is 2.10. The lowest BCUT2D eigenvalue weighted by Gasteiger charge is -2.27. The number of aryl methyl sites for hydroxylation is 3. The lowest BCUT2D eigenvalue weighted by atomic mass is 10.1. The molecule has 0 radical (unpaired) electrons. The molecule has 0 saturated carbocycles. The molecule has 1 aliphatic heterocycles. The third-order valence-corrected chi connectivity index (χ3v) is 4.63. The first-order valence-electron chi connectivity index (χ1n) is 9.23. The van der Waals surface area contributed by atoms with Crippen LogP contribution in [0.5, 0.6) is 0 Å². The summed E-state index contributed by atoms with van der Waals surface area (Å²) in [4.78, 5) is 34.1. The standard InChI is InChI=1S/C20H26N4O3/c1-13-10-14(2)12-16(11-13)22-18(25)5-4-17-15(3)21-20(23-19(17)26)24-6-8-27-9-7-24/h10-12H,4-9H2,1-3H3,(H,22,25)(H,21,23,26). The Morgan fingerprint density at radius 3 is 2.48 bits per heavy atom. The van der Waals surface area contributed by atoms with Gasteiger partial charge in [0.05, 0.1) is 13.2 Å². The highest BCUT2D eigenvalue weighted by molar-refractivity contribution is 5.91. The van der Waals surface area contributed by atoms with Crippen molar-refractivity contribution < 1.29 is 9.53 Å². The molecule has 0 aliphatic carbocycles. The monoisotopic (exact) mass is 370 g/mol. The van der Waals surface area contributed by atoms with Crippen LogP contribution in [0.3, 0.4) is 0 Å². The molecule has 3 rings (SSSR count). The van der Waals surface area contributed by atoms with Gasteiger partial charge in [-0.3, -0.25) is 14.6 Å². The maximum atomic E-state index is 12.5. The van der Waals surface area contributed by atoms with E-state index in [4.69, 9.17) is 4.74 Å². The molecule has 1 fully saturated rings. The molecule has 1 aliphatic rings. The van der Waals surface area contributed by atoms with Crippen molar-refractivity contribution in [3.63, 3.8) is 0 Å². The number of morpholine rings is 1. The molecule has 1 aromatic carbocycles. The Labute approximate surface area is 158 Å². The topological polar surface area (TPSA) is 87.3 Å². The molecule has 2 aromatic rings. The molecular weight excluding hydrogens is 344 g/mol. The summed E-state index contributed by atoms with van der Waals surface area (Å²) >= 11 is 0. The minimum atomic E-state index is -0.178. The van der Waals surface area contributed by atoms with Crippen molar-refractivity contribution in [3.05, 3.63) is 50.9 Å². The molecule has 1 aromatic heterocycles. The van der Waals surface area contributed by atoms with Gasteiger partial charge in [0.15, 0.2) is 0 Å². The van der Waals surface area contributed by atoms with Gasteiger partial charge in [-0.05, 0) is 50.5 Å². The number of H-pyrrole nitrogens is 1. The van der Waals surface area contributed by atoms with E-state index in [1.54, 1.807) is 0 Å². The lowest BCUT2D eigenvalue weighted by molar-refractivity contribution is -0.116. The number of ether oxygens (including phenoxy) is 1. The molecule has 2 heterocycles. The fourth-order valence-corrected chi connectivity index (χ4v) is 3.32. The molecule has 144 valence electrons. The fraction of sp³-hybridized carbons (Fsp3) is 0.450. The highest BCUT2D eigenvalue weighted by Gasteiger charge is 2.16. The number of hydrogen-bond donors (Lipinski definition) is 2. The van der Waals surface area contributed by atoms with Gasteiger partial charge in [0.25, 0.3) is 5.56 Å². The summed E-state index contributed by atoms with van der Waals surface area (Å²) in [5.41, 5.74) is 4.02. The van der Waals surface area contributed by atoms with Crippen LogP contribution in [0.2, 0.25) is 0 Å². The molecule has 27 heavy (non-hydrogen) atoms. The number of aromatic amines is 1. The van der Waals surface area contributed by atoms with Crippen LogP contribution >= 0.6 is 0 Å². The van der Waals surface area contributed by atoms with E-state index in [2.05, 4.69) is 21.4 Å². The number of carbonyl (C=O) groups is 1. The van der Waals surface area contributed by atoms with Crippen LogP contribution in [0.15, 0.2) is 23.0 Å². The maximum Gasteiger partial charge on any atom is 0.255 e. The number of benzene rings is 1. The zero-order valence-corrected chi connectivity index (χ0v) is 16.1. The van der Waals surface area contributed by atoms with E-state index in [1.807, 2.05) is 37.8 Å². The number of hydrogen-bond acceptors (Lipinski definition) is 5. The van der Waals surface area contributed by atoms with Crippen molar-refractivity contribution in [1.29, 1.82) is 0 Å². The average Bonchev–Trinajstić information content (AvgIpc) is 2.60. The van der Waals surface area contributed by atoms with E-state index in [0.717, 1.165) is 16.8 Å². The molecular formula is C20H26N4O3. The minimum absolute atomic E-state index is 0.115. The summed E-state index contributed by atoms with van der Waals surface area (Å²) in [6.07, 6.45) is 0.587. The predicted molar refractivity (Wildman–Crippen MR) is 105 cm³/mol. The Hall–Kier alpha value is -2.67. The zero-order chi connectivity index (χ0) is 19.4. The Balaban J connectivity index is 1.65. The van der Waals surface area contributed by atoms with Crippen LogP contribution in [0.25, 0.3) is 0 Å². The van der Waals surface area contributed by atoms with Gasteiger partial charge in [-0.25, -0.2) is 4.98 Å². The Bertz CT molecular complexity index is 865. The summed E-state index contributed by atoms with van der Waals surface area (Å²) in [5.74, 6) is 0.459. The van der Waals surface area contributed by atoms with E-state index in [1.165, 1.54) is 0 Å². The summed E-state index contributed by atoms with van der Waals surface area (Å²) in [6, 6.07) is 5.92. The van der Waals surface area contributed by atoms with E-state index >= 15 is 0 Å². The molecule has 7 heteroatoms. The molecule has 1 amide bonds. The number of nitrogens with one attached hydrogen (secondary N) is 2. The van der Waals surface area contributed by atoms with Gasteiger partial charge in [-0.15, -0.1) is 0 Å². The van der Waals surface area contributed by atoms with Crippen LogP contribution < -0.4 is 15.8 Å². The molecule has 7 nitrogen and oxygen atoms in total. The van der Waals surface area contributed by atoms with Crippen LogP contribution in [-0.4, -0.2) is 42.2 Å². The summed E-state index contributed by atoms with van der Waals surface area (Å²) < 4.78 is 5.33. The molecule has 0 spiro atoms. The Morgan fingerprint density at radius 1 is 1.19 bits per heavy atom. The fourth-order valence-electron chi connectivity index (χ4n) is 3.32. The summed E-state index contributed by atoms with van der Waals surface area (Å²) in [5, 5.41) is 2.90. The first-order chi connectivity index (χ1) is 12.9. The van der Waals surface area contributed by atoms with Gasteiger partial charge in [-0.1, -0.05) is 6.07 Å². The molecule has 0 unspecified atom stereocenters. The number of amides is 1. The van der Waals surface area contributed by atoms with E-state index in [0.29, 0.717) is 49.9 Å². The van der Waals surface area contributed by atoms with Crippen molar-refractivity contribution in [2.24, 2.45) is 0 Å². The highest BCUT2D eigenvalue weighted by atomic mass is 16.5.